The van der Waals surface area contributed by atoms with Crippen molar-refractivity contribution in [3.8, 4) is 0 Å². The van der Waals surface area contributed by atoms with Crippen molar-refractivity contribution in [2.75, 3.05) is 7.05 Å². The van der Waals surface area contributed by atoms with E-state index in [2.05, 4.69) is 30.4 Å². The summed E-state index contributed by atoms with van der Waals surface area (Å²) in [6.07, 6.45) is 1.53. The van der Waals surface area contributed by atoms with E-state index in [1.54, 1.807) is 6.07 Å². The molecule has 0 heterocycles. The van der Waals surface area contributed by atoms with E-state index in [-0.39, 0.29) is 6.04 Å². The summed E-state index contributed by atoms with van der Waals surface area (Å²) >= 11 is 0. The normalized spacial score (nSPS) is 12.4. The third-order valence-electron chi connectivity index (χ3n) is 3.44. The number of hydrogen-bond acceptors (Lipinski definition) is 1. The Morgan fingerprint density at radius 2 is 1.65 bits per heavy atom. The molecule has 0 saturated carbocycles. The van der Waals surface area contributed by atoms with Crippen molar-refractivity contribution in [3.05, 3.63) is 70.8 Å². The average molecular weight is 275 g/mol. The minimum absolute atomic E-state index is 0.196. The fourth-order valence-electron chi connectivity index (χ4n) is 2.35. The molecular weight excluding hydrogens is 256 g/mol. The summed E-state index contributed by atoms with van der Waals surface area (Å²) in [6, 6.07) is 12.6. The maximum atomic E-state index is 13.2. The molecule has 2 rings (SSSR count). The van der Waals surface area contributed by atoms with Crippen molar-refractivity contribution < 1.29 is 8.78 Å². The van der Waals surface area contributed by atoms with Gasteiger partial charge in [-0.05, 0) is 50.1 Å². The first-order valence-electron chi connectivity index (χ1n) is 6.75. The first kappa shape index (κ1) is 14.7. The Balaban J connectivity index is 2.07. The second-order valence-electron chi connectivity index (χ2n) is 5.13. The monoisotopic (exact) mass is 275 g/mol. The quantitative estimate of drug-likeness (QED) is 0.878. The number of halogens is 2. The molecule has 0 saturated heterocycles. The van der Waals surface area contributed by atoms with E-state index in [0.717, 1.165) is 12.0 Å². The molecule has 0 aliphatic carbocycles. The van der Waals surface area contributed by atoms with E-state index >= 15 is 0 Å². The summed E-state index contributed by atoms with van der Waals surface area (Å²) in [5.41, 5.74) is 3.27. The van der Waals surface area contributed by atoms with Gasteiger partial charge in [-0.2, -0.15) is 0 Å². The molecule has 0 fully saturated rings. The average Bonchev–Trinajstić information content (AvgIpc) is 2.42. The maximum absolute atomic E-state index is 13.2. The van der Waals surface area contributed by atoms with Crippen LogP contribution in [0.4, 0.5) is 8.78 Å². The van der Waals surface area contributed by atoms with Crippen molar-refractivity contribution in [2.45, 2.75) is 25.8 Å². The second kappa shape index (κ2) is 6.62. The smallest absolute Gasteiger partial charge is 0.159 e. The molecule has 0 amide bonds. The lowest BCUT2D eigenvalue weighted by molar-refractivity contribution is 0.503. The van der Waals surface area contributed by atoms with Gasteiger partial charge in [-0.25, -0.2) is 8.78 Å². The molecule has 3 heteroatoms. The van der Waals surface area contributed by atoms with E-state index in [0.29, 0.717) is 6.42 Å². The van der Waals surface area contributed by atoms with Crippen LogP contribution in [-0.4, -0.2) is 13.1 Å². The summed E-state index contributed by atoms with van der Waals surface area (Å²) in [6.45, 7) is 2.06. The SMILES string of the molecule is CNC(Cc1cccc(C)c1)Cc1ccc(F)c(F)c1. The molecular formula is C17H19F2N. The third kappa shape index (κ3) is 3.87. The molecule has 0 aliphatic rings. The van der Waals surface area contributed by atoms with Crippen LogP contribution in [0.1, 0.15) is 16.7 Å². The van der Waals surface area contributed by atoms with Crippen LogP contribution >= 0.6 is 0 Å². The summed E-state index contributed by atoms with van der Waals surface area (Å²) in [7, 11) is 1.89. The van der Waals surface area contributed by atoms with Crippen LogP contribution < -0.4 is 5.32 Å². The number of likely N-dealkylation sites (N-methyl/N-ethyl adjacent to an activating group) is 1. The number of rotatable bonds is 5. The Kier molecular flexibility index (Phi) is 4.85. The highest BCUT2D eigenvalue weighted by Gasteiger charge is 2.10. The molecule has 0 bridgehead atoms. The Labute approximate surface area is 118 Å². The first-order chi connectivity index (χ1) is 9.58. The molecule has 0 spiro atoms. The van der Waals surface area contributed by atoms with Crippen molar-refractivity contribution in [2.24, 2.45) is 0 Å². The van der Waals surface area contributed by atoms with Crippen molar-refractivity contribution in [1.29, 1.82) is 0 Å². The Morgan fingerprint density at radius 1 is 0.950 bits per heavy atom. The van der Waals surface area contributed by atoms with Gasteiger partial charge in [-0.3, -0.25) is 0 Å². The fraction of sp³-hybridized carbons (Fsp3) is 0.294. The van der Waals surface area contributed by atoms with E-state index in [1.807, 2.05) is 13.1 Å². The summed E-state index contributed by atoms with van der Waals surface area (Å²) in [5.74, 6) is -1.58. The lowest BCUT2D eigenvalue weighted by Crippen LogP contribution is -2.30. The van der Waals surface area contributed by atoms with Crippen LogP contribution in [0.2, 0.25) is 0 Å². The van der Waals surface area contributed by atoms with Crippen LogP contribution in [0.25, 0.3) is 0 Å². The van der Waals surface area contributed by atoms with Gasteiger partial charge in [0, 0.05) is 6.04 Å². The van der Waals surface area contributed by atoms with Gasteiger partial charge in [0.05, 0.1) is 0 Å². The highest BCUT2D eigenvalue weighted by molar-refractivity contribution is 5.24. The Morgan fingerprint density at radius 3 is 2.25 bits per heavy atom. The van der Waals surface area contributed by atoms with E-state index in [4.69, 9.17) is 0 Å². The first-order valence-corrected chi connectivity index (χ1v) is 6.75. The zero-order chi connectivity index (χ0) is 14.5. The van der Waals surface area contributed by atoms with Gasteiger partial charge in [-0.1, -0.05) is 35.9 Å². The van der Waals surface area contributed by atoms with Gasteiger partial charge in [0.25, 0.3) is 0 Å². The molecule has 106 valence electrons. The van der Waals surface area contributed by atoms with E-state index in [9.17, 15) is 8.78 Å². The molecule has 2 aromatic rings. The van der Waals surface area contributed by atoms with Crippen LogP contribution in [0, 0.1) is 18.6 Å². The summed E-state index contributed by atoms with van der Waals surface area (Å²) in [4.78, 5) is 0. The number of benzene rings is 2. The highest BCUT2D eigenvalue weighted by Crippen LogP contribution is 2.13. The minimum Gasteiger partial charge on any atom is -0.316 e. The predicted octanol–water partition coefficient (Wildman–Crippen LogP) is 3.65. The molecule has 20 heavy (non-hydrogen) atoms. The molecule has 1 atom stereocenters. The van der Waals surface area contributed by atoms with Crippen LogP contribution in [0.3, 0.4) is 0 Å². The molecule has 0 aromatic heterocycles. The van der Waals surface area contributed by atoms with Crippen LogP contribution in [-0.2, 0) is 12.8 Å². The topological polar surface area (TPSA) is 12.0 Å². The molecule has 1 unspecified atom stereocenters. The highest BCUT2D eigenvalue weighted by atomic mass is 19.2. The molecule has 0 aliphatic heterocycles. The fourth-order valence-corrected chi connectivity index (χ4v) is 2.35. The summed E-state index contributed by atoms with van der Waals surface area (Å²) in [5, 5.41) is 3.24. The molecule has 2 aromatic carbocycles. The largest absolute Gasteiger partial charge is 0.316 e. The van der Waals surface area contributed by atoms with Gasteiger partial charge in [0.15, 0.2) is 11.6 Å². The maximum Gasteiger partial charge on any atom is 0.159 e. The third-order valence-corrected chi connectivity index (χ3v) is 3.44. The Bertz CT molecular complexity index is 581. The van der Waals surface area contributed by atoms with Gasteiger partial charge in [0.1, 0.15) is 0 Å². The Hall–Kier alpha value is -1.74. The lowest BCUT2D eigenvalue weighted by atomic mass is 9.98. The van der Waals surface area contributed by atoms with Gasteiger partial charge in [-0.15, -0.1) is 0 Å². The van der Waals surface area contributed by atoms with Crippen LogP contribution in [0.15, 0.2) is 42.5 Å². The number of hydrogen-bond donors (Lipinski definition) is 1. The minimum atomic E-state index is -0.798. The second-order valence-corrected chi connectivity index (χ2v) is 5.13. The van der Waals surface area contributed by atoms with Crippen LogP contribution in [0.5, 0.6) is 0 Å². The number of aryl methyl sites for hydroxylation is 1. The number of nitrogens with one attached hydrogen (secondary N) is 1. The summed E-state index contributed by atoms with van der Waals surface area (Å²) < 4.78 is 26.1. The van der Waals surface area contributed by atoms with Crippen molar-refractivity contribution in [1.82, 2.24) is 5.32 Å². The zero-order valence-corrected chi connectivity index (χ0v) is 11.8. The molecule has 0 radical (unpaired) electrons. The molecule has 1 N–H and O–H groups in total. The van der Waals surface area contributed by atoms with E-state index < -0.39 is 11.6 Å². The van der Waals surface area contributed by atoms with Crippen molar-refractivity contribution in [3.63, 3.8) is 0 Å². The zero-order valence-electron chi connectivity index (χ0n) is 11.8. The lowest BCUT2D eigenvalue weighted by Gasteiger charge is -2.17. The van der Waals surface area contributed by atoms with Crippen molar-refractivity contribution >= 4 is 0 Å². The predicted molar refractivity (Wildman–Crippen MR) is 77.8 cm³/mol. The van der Waals surface area contributed by atoms with Gasteiger partial charge >= 0.3 is 0 Å². The standard InChI is InChI=1S/C17H19F2N/c1-12-4-3-5-13(8-12)9-15(20-2)10-14-6-7-16(18)17(19)11-14/h3-8,11,15,20H,9-10H2,1-2H3. The molecule has 1 nitrogen and oxygen atoms in total. The van der Waals surface area contributed by atoms with Gasteiger partial charge in [0.2, 0.25) is 0 Å². The van der Waals surface area contributed by atoms with Gasteiger partial charge < -0.3 is 5.32 Å². The van der Waals surface area contributed by atoms with E-state index in [1.165, 1.54) is 23.3 Å².